The van der Waals surface area contributed by atoms with Gasteiger partial charge >= 0.3 is 6.01 Å². The van der Waals surface area contributed by atoms with Gasteiger partial charge in [0, 0.05) is 12.4 Å². The Labute approximate surface area is 122 Å². The predicted octanol–water partition coefficient (Wildman–Crippen LogP) is 0.574. The molecule has 6 nitrogen and oxygen atoms in total. The van der Waals surface area contributed by atoms with Gasteiger partial charge in [-0.2, -0.15) is 0 Å². The molecule has 0 spiro atoms. The third kappa shape index (κ3) is 5.02. The number of hydrogen-bond acceptors (Lipinski definition) is 5. The second-order valence-corrected chi connectivity index (χ2v) is 6.08. The number of likely N-dealkylation sites (N-methyl/N-ethyl adjacent to an activating group) is 2. The predicted molar refractivity (Wildman–Crippen MR) is 76.8 cm³/mol. The van der Waals surface area contributed by atoms with Gasteiger partial charge in [-0.1, -0.05) is 0 Å². The molecule has 1 N–H and O–H groups in total. The number of nitrogens with zero attached hydrogens (tertiary/aromatic N) is 4. The van der Waals surface area contributed by atoms with Crippen molar-refractivity contribution in [3.63, 3.8) is 0 Å². The summed E-state index contributed by atoms with van der Waals surface area (Å²) >= 11 is 3.27. The van der Waals surface area contributed by atoms with Crippen molar-refractivity contribution in [3.8, 4) is 6.01 Å². The van der Waals surface area contributed by atoms with Crippen molar-refractivity contribution < 1.29 is 14.3 Å². The number of ether oxygens (including phenoxy) is 1. The van der Waals surface area contributed by atoms with Crippen LogP contribution in [0.5, 0.6) is 6.01 Å². The molecule has 0 aliphatic rings. The zero-order valence-electron chi connectivity index (χ0n) is 11.9. The molecule has 1 rings (SSSR count). The Hall–Kier alpha value is -0.760. The first-order valence-electron chi connectivity index (χ1n) is 6.07. The summed E-state index contributed by atoms with van der Waals surface area (Å²) < 4.78 is 6.97. The van der Waals surface area contributed by atoms with Crippen LogP contribution in [0, 0.1) is 0 Å². The summed E-state index contributed by atoms with van der Waals surface area (Å²) in [7, 11) is 8.04. The molecule has 19 heavy (non-hydrogen) atoms. The maximum absolute atomic E-state index is 9.45. The molecule has 1 unspecified atom stereocenters. The summed E-state index contributed by atoms with van der Waals surface area (Å²) in [5.41, 5.74) is 0. The fourth-order valence-corrected chi connectivity index (χ4v) is 2.11. The van der Waals surface area contributed by atoms with Crippen LogP contribution < -0.4 is 4.74 Å². The molecule has 0 saturated carbocycles. The lowest BCUT2D eigenvalue weighted by Crippen LogP contribution is -2.58. The highest BCUT2D eigenvalue weighted by atomic mass is 79.9. The topological polar surface area (TPSA) is 58.5 Å². The van der Waals surface area contributed by atoms with Crippen molar-refractivity contribution in [1.29, 1.82) is 0 Å². The molecule has 108 valence electrons. The zero-order chi connectivity index (χ0) is 14.5. The zero-order valence-corrected chi connectivity index (χ0v) is 13.5. The van der Waals surface area contributed by atoms with Crippen molar-refractivity contribution >= 4 is 15.9 Å². The molecule has 1 aromatic rings. The highest BCUT2D eigenvalue weighted by Crippen LogP contribution is 2.11. The first-order valence-corrected chi connectivity index (χ1v) is 6.86. The van der Waals surface area contributed by atoms with Gasteiger partial charge in [-0.3, -0.25) is 4.90 Å². The Morgan fingerprint density at radius 1 is 1.37 bits per heavy atom. The number of halogens is 1. The molecule has 1 atom stereocenters. The van der Waals surface area contributed by atoms with Crippen LogP contribution in [-0.4, -0.2) is 78.6 Å². The normalized spacial score (nSPS) is 13.6. The van der Waals surface area contributed by atoms with E-state index >= 15 is 0 Å². The average Bonchev–Trinajstić information content (AvgIpc) is 2.31. The molecular weight excluding hydrogens is 312 g/mol. The summed E-state index contributed by atoms with van der Waals surface area (Å²) in [5, 5.41) is 9.45. The van der Waals surface area contributed by atoms with Crippen LogP contribution in [0.25, 0.3) is 0 Å². The molecule has 0 aromatic carbocycles. The van der Waals surface area contributed by atoms with Gasteiger partial charge in [-0.15, -0.1) is 0 Å². The van der Waals surface area contributed by atoms with E-state index in [9.17, 15) is 5.11 Å². The van der Waals surface area contributed by atoms with Crippen LogP contribution in [0.3, 0.4) is 0 Å². The number of aromatic nitrogens is 2. The Morgan fingerprint density at radius 3 is 2.42 bits per heavy atom. The third-order valence-electron chi connectivity index (χ3n) is 3.06. The van der Waals surface area contributed by atoms with Gasteiger partial charge in [0.05, 0.1) is 18.6 Å². The van der Waals surface area contributed by atoms with Crippen LogP contribution in [0.1, 0.15) is 0 Å². The van der Waals surface area contributed by atoms with Crippen LogP contribution in [0.4, 0.5) is 0 Å². The quantitative estimate of drug-likeness (QED) is 0.584. The lowest BCUT2D eigenvalue weighted by Gasteiger charge is -2.40. The largest absolute Gasteiger partial charge is 0.457 e. The second-order valence-electron chi connectivity index (χ2n) is 5.16. The lowest BCUT2D eigenvalue weighted by atomic mass is 10.3. The van der Waals surface area contributed by atoms with Crippen molar-refractivity contribution in [2.75, 3.05) is 47.9 Å². The Kier molecular flexibility index (Phi) is 6.12. The maximum Gasteiger partial charge on any atom is 0.316 e. The molecule has 0 bridgehead atoms. The minimum Gasteiger partial charge on any atom is -0.457 e. The number of aliphatic hydroxyl groups excluding tert-OH is 1. The first kappa shape index (κ1) is 16.3. The lowest BCUT2D eigenvalue weighted by molar-refractivity contribution is -0.926. The van der Waals surface area contributed by atoms with Crippen LogP contribution in [-0.2, 0) is 0 Å². The van der Waals surface area contributed by atoms with Gasteiger partial charge in [-0.25, -0.2) is 9.97 Å². The smallest absolute Gasteiger partial charge is 0.316 e. The van der Waals surface area contributed by atoms with E-state index in [2.05, 4.69) is 40.0 Å². The molecule has 0 aliphatic carbocycles. The van der Waals surface area contributed by atoms with E-state index in [0.29, 0.717) is 17.1 Å². The third-order valence-corrected chi connectivity index (χ3v) is 3.47. The number of hydrogen-bond donors (Lipinski definition) is 1. The van der Waals surface area contributed by atoms with Crippen molar-refractivity contribution in [2.24, 2.45) is 0 Å². The summed E-state index contributed by atoms with van der Waals surface area (Å²) in [6.07, 6.45) is 3.34. The molecule has 1 heterocycles. The molecular formula is C12H22BrN4O2+. The minimum absolute atomic E-state index is 0.0365. The number of aliphatic hydroxyl groups is 1. The molecule has 0 saturated heterocycles. The van der Waals surface area contributed by atoms with E-state index in [1.54, 1.807) is 12.4 Å². The van der Waals surface area contributed by atoms with Gasteiger partial charge in [0.2, 0.25) is 0 Å². The fraction of sp³-hybridized carbons (Fsp3) is 0.667. The molecule has 0 radical (unpaired) electrons. The van der Waals surface area contributed by atoms with E-state index in [1.165, 1.54) is 0 Å². The summed E-state index contributed by atoms with van der Waals surface area (Å²) in [6, 6.07) is 0.369. The second kappa shape index (κ2) is 7.14. The monoisotopic (exact) mass is 333 g/mol. The van der Waals surface area contributed by atoms with E-state index in [-0.39, 0.29) is 12.8 Å². The van der Waals surface area contributed by atoms with Gasteiger partial charge in [0.25, 0.3) is 0 Å². The highest BCUT2D eigenvalue weighted by molar-refractivity contribution is 9.10. The summed E-state index contributed by atoms with van der Waals surface area (Å²) in [5.74, 6) is 0. The fourth-order valence-electron chi connectivity index (χ4n) is 1.91. The summed E-state index contributed by atoms with van der Waals surface area (Å²) in [4.78, 5) is 10.1. The number of rotatable bonds is 7. The van der Waals surface area contributed by atoms with Gasteiger partial charge in [-0.05, 0) is 30.0 Å². The maximum atomic E-state index is 9.45. The van der Waals surface area contributed by atoms with E-state index in [1.807, 2.05) is 19.0 Å². The molecule has 1 aromatic heterocycles. The highest BCUT2D eigenvalue weighted by Gasteiger charge is 2.29. The van der Waals surface area contributed by atoms with E-state index in [0.717, 1.165) is 11.0 Å². The van der Waals surface area contributed by atoms with Gasteiger partial charge < -0.3 is 14.3 Å². The molecule has 7 heteroatoms. The van der Waals surface area contributed by atoms with Crippen LogP contribution >= 0.6 is 15.9 Å². The van der Waals surface area contributed by atoms with Gasteiger partial charge in [0.15, 0.2) is 6.17 Å². The van der Waals surface area contributed by atoms with E-state index in [4.69, 9.17) is 4.74 Å². The van der Waals surface area contributed by atoms with Crippen molar-refractivity contribution in [2.45, 2.75) is 6.17 Å². The Bertz CT molecular complexity index is 384. The van der Waals surface area contributed by atoms with Crippen molar-refractivity contribution in [1.82, 2.24) is 14.9 Å². The van der Waals surface area contributed by atoms with Gasteiger partial charge in [0.1, 0.15) is 19.8 Å². The number of quaternary nitrogens is 1. The average molecular weight is 334 g/mol. The van der Waals surface area contributed by atoms with Crippen molar-refractivity contribution in [3.05, 3.63) is 16.9 Å². The molecule has 0 amide bonds. The van der Waals surface area contributed by atoms with Crippen LogP contribution in [0.2, 0.25) is 0 Å². The Balaban J connectivity index is 2.49. The minimum atomic E-state index is 0.0365. The SMILES string of the molecule is CN(C)C(CO)[N+](C)(C)CCOc1ncc(Br)cn1. The van der Waals surface area contributed by atoms with Crippen LogP contribution in [0.15, 0.2) is 16.9 Å². The van der Waals surface area contributed by atoms with E-state index < -0.39 is 0 Å². The molecule has 0 aliphatic heterocycles. The standard InChI is InChI=1S/C12H22BrN4O2/c1-16(2)11(9-18)17(3,4)5-6-19-12-14-7-10(13)8-15-12/h7-8,11,18H,5-6,9H2,1-4H3/q+1. The first-order chi connectivity index (χ1) is 8.86. The Morgan fingerprint density at radius 2 is 1.95 bits per heavy atom. The summed E-state index contributed by atoms with van der Waals surface area (Å²) in [6.45, 7) is 1.36. The molecule has 0 fully saturated rings.